The van der Waals surface area contributed by atoms with Crippen LogP contribution in [0.2, 0.25) is 5.02 Å². The zero-order chi connectivity index (χ0) is 27.0. The Labute approximate surface area is 213 Å². The van der Waals surface area contributed by atoms with Crippen LogP contribution in [0, 0.1) is 0 Å². The van der Waals surface area contributed by atoms with Crippen molar-refractivity contribution in [3.8, 4) is 0 Å². The predicted octanol–water partition coefficient (Wildman–Crippen LogP) is 4.31. The summed E-state index contributed by atoms with van der Waals surface area (Å²) in [4.78, 5) is 48.9. The van der Waals surface area contributed by atoms with Crippen LogP contribution in [0.15, 0.2) is 47.4 Å². The first-order valence-corrected chi connectivity index (χ1v) is 11.5. The Morgan fingerprint density at radius 2 is 1.94 bits per heavy atom. The van der Waals surface area contributed by atoms with E-state index in [-0.39, 0.29) is 22.0 Å². The number of likely N-dealkylation sites (N-methyl/N-ethyl adjacent to an activating group) is 1. The molecule has 3 N–H and O–H groups in total. The van der Waals surface area contributed by atoms with Crippen molar-refractivity contribution in [2.45, 2.75) is 33.0 Å². The SMILES string of the molecule is C=C(/C=C(\N=CC)C(=O)N[C@H](C)c1ncc(C(=O)Nc2cc(C(F)(F)F)c(Cl)cn2)s1)C(=O)NCC. The normalized spacial score (nSPS) is 12.8. The van der Waals surface area contributed by atoms with Crippen LogP contribution in [0.3, 0.4) is 0 Å². The third-order valence-electron chi connectivity index (χ3n) is 4.31. The van der Waals surface area contributed by atoms with Gasteiger partial charge >= 0.3 is 6.18 Å². The number of rotatable bonds is 9. The third kappa shape index (κ3) is 7.71. The number of thiazole rings is 1. The Morgan fingerprint density at radius 1 is 1.25 bits per heavy atom. The van der Waals surface area contributed by atoms with E-state index in [9.17, 15) is 27.6 Å². The molecule has 0 unspecified atom stereocenters. The maximum atomic E-state index is 13.0. The van der Waals surface area contributed by atoms with Gasteiger partial charge in [-0.1, -0.05) is 18.2 Å². The van der Waals surface area contributed by atoms with Crippen LogP contribution < -0.4 is 16.0 Å². The predicted molar refractivity (Wildman–Crippen MR) is 131 cm³/mol. The van der Waals surface area contributed by atoms with E-state index in [1.807, 2.05) is 0 Å². The fraction of sp³-hybridized carbons (Fsp3) is 0.273. The molecule has 14 heteroatoms. The van der Waals surface area contributed by atoms with Crippen molar-refractivity contribution in [3.63, 3.8) is 0 Å². The van der Waals surface area contributed by atoms with Gasteiger partial charge in [-0.2, -0.15) is 13.2 Å². The van der Waals surface area contributed by atoms with Gasteiger partial charge in [0, 0.05) is 24.5 Å². The van der Waals surface area contributed by atoms with Crippen LogP contribution in [0.1, 0.15) is 47.1 Å². The highest BCUT2D eigenvalue weighted by molar-refractivity contribution is 7.13. The Kier molecular flexibility index (Phi) is 9.87. The molecule has 0 saturated heterocycles. The summed E-state index contributed by atoms with van der Waals surface area (Å²) >= 11 is 6.46. The van der Waals surface area contributed by atoms with Crippen LogP contribution >= 0.6 is 22.9 Å². The molecule has 0 saturated carbocycles. The van der Waals surface area contributed by atoms with E-state index >= 15 is 0 Å². The second-order valence-corrected chi connectivity index (χ2v) is 8.53. The second kappa shape index (κ2) is 12.4. The highest BCUT2D eigenvalue weighted by atomic mass is 35.5. The number of nitrogens with one attached hydrogen (secondary N) is 3. The van der Waals surface area contributed by atoms with E-state index < -0.39 is 40.5 Å². The van der Waals surface area contributed by atoms with Crippen LogP contribution in [0.5, 0.6) is 0 Å². The molecular formula is C22H22ClF3N6O3S. The van der Waals surface area contributed by atoms with Crippen molar-refractivity contribution in [2.75, 3.05) is 11.9 Å². The minimum Gasteiger partial charge on any atom is -0.352 e. The molecule has 36 heavy (non-hydrogen) atoms. The molecule has 2 aromatic heterocycles. The number of carbonyl (C=O) groups is 3. The Morgan fingerprint density at radius 3 is 2.56 bits per heavy atom. The minimum atomic E-state index is -4.72. The number of hydrogen-bond donors (Lipinski definition) is 3. The molecule has 0 aromatic carbocycles. The molecule has 0 radical (unpaired) electrons. The molecule has 2 aromatic rings. The molecule has 2 rings (SSSR count). The van der Waals surface area contributed by atoms with Crippen molar-refractivity contribution < 1.29 is 27.6 Å². The highest BCUT2D eigenvalue weighted by Crippen LogP contribution is 2.35. The van der Waals surface area contributed by atoms with Crippen LogP contribution in [-0.4, -0.2) is 40.4 Å². The van der Waals surface area contributed by atoms with Crippen LogP contribution in [0.25, 0.3) is 0 Å². The van der Waals surface area contributed by atoms with Gasteiger partial charge in [0.1, 0.15) is 21.4 Å². The van der Waals surface area contributed by atoms with Gasteiger partial charge in [0.05, 0.1) is 22.8 Å². The van der Waals surface area contributed by atoms with Crippen LogP contribution in [0.4, 0.5) is 19.0 Å². The number of aliphatic imine (C=N–C) groups is 1. The zero-order valence-electron chi connectivity index (χ0n) is 19.4. The van der Waals surface area contributed by atoms with E-state index in [1.165, 1.54) is 18.5 Å². The molecule has 192 valence electrons. The molecule has 0 bridgehead atoms. The van der Waals surface area contributed by atoms with Crippen LogP contribution in [-0.2, 0) is 15.8 Å². The summed E-state index contributed by atoms with van der Waals surface area (Å²) in [5.41, 5.74) is -1.16. The van der Waals surface area contributed by atoms with Gasteiger partial charge in [-0.3, -0.25) is 19.4 Å². The maximum Gasteiger partial charge on any atom is 0.418 e. The summed E-state index contributed by atoms with van der Waals surface area (Å²) in [5.74, 6) is -2.14. The van der Waals surface area contributed by atoms with Crippen molar-refractivity contribution in [1.29, 1.82) is 0 Å². The van der Waals surface area contributed by atoms with Gasteiger partial charge < -0.3 is 16.0 Å². The van der Waals surface area contributed by atoms with Gasteiger partial charge in [-0.25, -0.2) is 9.97 Å². The number of anilines is 1. The van der Waals surface area contributed by atoms with Gasteiger partial charge in [-0.15, -0.1) is 11.3 Å². The van der Waals surface area contributed by atoms with Crippen molar-refractivity contribution in [1.82, 2.24) is 20.6 Å². The Bertz CT molecular complexity index is 1230. The smallest absolute Gasteiger partial charge is 0.352 e. The largest absolute Gasteiger partial charge is 0.418 e. The average molecular weight is 543 g/mol. The van der Waals surface area contributed by atoms with Gasteiger partial charge in [-0.05, 0) is 32.9 Å². The molecule has 0 spiro atoms. The number of amides is 3. The second-order valence-electron chi connectivity index (χ2n) is 7.06. The fourth-order valence-corrected chi connectivity index (χ4v) is 3.66. The highest BCUT2D eigenvalue weighted by Gasteiger charge is 2.34. The zero-order valence-corrected chi connectivity index (χ0v) is 20.9. The van der Waals surface area contributed by atoms with Crippen molar-refractivity contribution in [3.05, 3.63) is 62.9 Å². The van der Waals surface area contributed by atoms with E-state index in [4.69, 9.17) is 11.6 Å². The molecule has 9 nitrogen and oxygen atoms in total. The lowest BCUT2D eigenvalue weighted by Gasteiger charge is -2.12. The molecule has 0 aliphatic heterocycles. The number of halogens is 4. The Balaban J connectivity index is 2.12. The number of aromatic nitrogens is 2. The molecule has 2 heterocycles. The molecular weight excluding hydrogens is 521 g/mol. The number of nitrogens with zero attached hydrogens (tertiary/aromatic N) is 3. The van der Waals surface area contributed by atoms with Gasteiger partial charge in [0.15, 0.2) is 0 Å². The third-order valence-corrected chi connectivity index (χ3v) is 5.79. The van der Waals surface area contributed by atoms with E-state index in [1.54, 1.807) is 20.8 Å². The van der Waals surface area contributed by atoms with Crippen molar-refractivity contribution in [2.24, 2.45) is 4.99 Å². The Hall–Kier alpha value is -3.58. The quantitative estimate of drug-likeness (QED) is 0.247. The lowest BCUT2D eigenvalue weighted by atomic mass is 10.2. The first-order valence-electron chi connectivity index (χ1n) is 10.4. The lowest BCUT2D eigenvalue weighted by molar-refractivity contribution is -0.137. The summed E-state index contributed by atoms with van der Waals surface area (Å²) in [6.07, 6.45) is -0.0906. The summed E-state index contributed by atoms with van der Waals surface area (Å²) in [7, 11) is 0. The molecule has 0 aliphatic carbocycles. The van der Waals surface area contributed by atoms with Gasteiger partial charge in [0.2, 0.25) is 0 Å². The standard InChI is InChI=1S/C22H22ClF3N6O3S/c1-5-27-15(7-11(3)18(33)28-6-2)19(34)31-12(4)21-30-10-16(36-21)20(35)32-17-8-13(22(24,25)26)14(23)9-29-17/h5,7-10,12H,3,6H2,1-2,4H3,(H,28,33)(H,31,34)(H,29,32,35)/b15-7-,27-5?/t12-/m1/s1. The van der Waals surface area contributed by atoms with E-state index in [0.29, 0.717) is 17.6 Å². The monoisotopic (exact) mass is 542 g/mol. The summed E-state index contributed by atoms with van der Waals surface area (Å²) < 4.78 is 39.1. The van der Waals surface area contributed by atoms with Gasteiger partial charge in [0.25, 0.3) is 17.7 Å². The lowest BCUT2D eigenvalue weighted by Crippen LogP contribution is -2.28. The van der Waals surface area contributed by atoms with E-state index in [2.05, 4.69) is 37.5 Å². The molecule has 0 fully saturated rings. The number of hydrogen-bond acceptors (Lipinski definition) is 7. The van der Waals surface area contributed by atoms with Crippen molar-refractivity contribution >= 4 is 52.7 Å². The minimum absolute atomic E-state index is 0.0398. The fourth-order valence-electron chi connectivity index (χ4n) is 2.63. The van der Waals surface area contributed by atoms with E-state index in [0.717, 1.165) is 17.5 Å². The average Bonchev–Trinajstić information content (AvgIpc) is 3.30. The molecule has 3 amide bonds. The summed E-state index contributed by atoms with van der Waals surface area (Å²) in [6, 6.07) is -0.0374. The number of alkyl halides is 3. The topological polar surface area (TPSA) is 125 Å². The summed E-state index contributed by atoms with van der Waals surface area (Å²) in [6.45, 7) is 8.96. The molecule has 0 aliphatic rings. The maximum absolute atomic E-state index is 13.0. The first-order chi connectivity index (χ1) is 16.9. The number of pyridine rings is 1. The molecule has 1 atom stereocenters. The first kappa shape index (κ1) is 28.7. The number of carbonyl (C=O) groups excluding carboxylic acids is 3. The summed E-state index contributed by atoms with van der Waals surface area (Å²) in [5, 5.41) is 7.24.